The maximum atomic E-state index is 3.84. The maximum absolute atomic E-state index is 3.84. The molecular weight excluding hydrogens is 220 g/mol. The molecular formula is C16H32N2. The van der Waals surface area contributed by atoms with Gasteiger partial charge in [0.15, 0.2) is 0 Å². The number of nitrogens with one attached hydrogen (secondary N) is 2. The van der Waals surface area contributed by atoms with Gasteiger partial charge in [0.1, 0.15) is 0 Å². The van der Waals surface area contributed by atoms with Gasteiger partial charge in [-0.2, -0.15) is 0 Å². The quantitative estimate of drug-likeness (QED) is 0.692. The predicted molar refractivity (Wildman–Crippen MR) is 78.9 cm³/mol. The van der Waals surface area contributed by atoms with Crippen LogP contribution in [-0.4, -0.2) is 26.2 Å². The van der Waals surface area contributed by atoms with Crippen molar-refractivity contribution in [3.8, 4) is 0 Å². The molecule has 106 valence electrons. The van der Waals surface area contributed by atoms with E-state index in [1.54, 1.807) is 0 Å². The summed E-state index contributed by atoms with van der Waals surface area (Å²) in [4.78, 5) is 0. The monoisotopic (exact) mass is 252 g/mol. The lowest BCUT2D eigenvalue weighted by atomic mass is 9.75. The molecule has 1 saturated heterocycles. The second kappa shape index (κ2) is 6.38. The molecule has 0 spiro atoms. The molecule has 0 bridgehead atoms. The predicted octanol–water partition coefficient (Wildman–Crippen LogP) is 3.33. The first-order chi connectivity index (χ1) is 8.74. The largest absolute Gasteiger partial charge is 0.317 e. The molecule has 0 atom stereocenters. The van der Waals surface area contributed by atoms with Crippen molar-refractivity contribution in [2.75, 3.05) is 26.2 Å². The average Bonchev–Trinajstić information content (AvgIpc) is 3.11. The summed E-state index contributed by atoms with van der Waals surface area (Å²) in [7, 11) is 0. The van der Waals surface area contributed by atoms with Gasteiger partial charge in [0.25, 0.3) is 0 Å². The standard InChI is InChI=1S/C16H32N2/c1-3-5-15(7-8-15)13-18-14-16(6-4-2)9-11-17-12-10-16/h17-18H,3-14H2,1-2H3. The summed E-state index contributed by atoms with van der Waals surface area (Å²) in [6.07, 6.45) is 11.2. The van der Waals surface area contributed by atoms with Crippen LogP contribution in [0, 0.1) is 10.8 Å². The molecule has 0 unspecified atom stereocenters. The Balaban J connectivity index is 1.75. The highest BCUT2D eigenvalue weighted by molar-refractivity contribution is 4.95. The van der Waals surface area contributed by atoms with Crippen LogP contribution < -0.4 is 10.6 Å². The summed E-state index contributed by atoms with van der Waals surface area (Å²) in [5, 5.41) is 7.35. The molecule has 2 fully saturated rings. The van der Waals surface area contributed by atoms with E-state index >= 15 is 0 Å². The van der Waals surface area contributed by atoms with Gasteiger partial charge in [-0.1, -0.05) is 26.7 Å². The topological polar surface area (TPSA) is 24.1 Å². The Morgan fingerprint density at radius 1 is 0.833 bits per heavy atom. The summed E-state index contributed by atoms with van der Waals surface area (Å²) in [5.74, 6) is 0. The van der Waals surface area contributed by atoms with Crippen molar-refractivity contribution in [3.63, 3.8) is 0 Å². The van der Waals surface area contributed by atoms with E-state index in [2.05, 4.69) is 24.5 Å². The minimum Gasteiger partial charge on any atom is -0.317 e. The van der Waals surface area contributed by atoms with Crippen LogP contribution >= 0.6 is 0 Å². The fourth-order valence-electron chi connectivity index (χ4n) is 3.82. The average molecular weight is 252 g/mol. The van der Waals surface area contributed by atoms with Gasteiger partial charge in [0, 0.05) is 13.1 Å². The summed E-state index contributed by atoms with van der Waals surface area (Å²) >= 11 is 0. The summed E-state index contributed by atoms with van der Waals surface area (Å²) in [6.45, 7) is 9.64. The summed E-state index contributed by atoms with van der Waals surface area (Å²) < 4.78 is 0. The van der Waals surface area contributed by atoms with Gasteiger partial charge >= 0.3 is 0 Å². The lowest BCUT2D eigenvalue weighted by molar-refractivity contribution is 0.172. The number of hydrogen-bond acceptors (Lipinski definition) is 2. The molecule has 2 N–H and O–H groups in total. The minimum atomic E-state index is 0.599. The fraction of sp³-hybridized carbons (Fsp3) is 1.00. The molecule has 0 aromatic rings. The van der Waals surface area contributed by atoms with Crippen molar-refractivity contribution >= 4 is 0 Å². The Morgan fingerprint density at radius 3 is 1.78 bits per heavy atom. The number of rotatable bonds is 8. The Morgan fingerprint density at radius 2 is 1.33 bits per heavy atom. The molecule has 0 aromatic carbocycles. The van der Waals surface area contributed by atoms with E-state index in [0.717, 1.165) is 0 Å². The molecule has 2 rings (SSSR count). The first-order valence-corrected chi connectivity index (χ1v) is 8.16. The van der Waals surface area contributed by atoms with E-state index in [9.17, 15) is 0 Å². The molecule has 18 heavy (non-hydrogen) atoms. The lowest BCUT2D eigenvalue weighted by Crippen LogP contribution is -2.44. The van der Waals surface area contributed by atoms with E-state index in [1.807, 2.05) is 0 Å². The SMILES string of the molecule is CCCC1(CNCC2(CCC)CC2)CCNCC1. The van der Waals surface area contributed by atoms with E-state index in [0.29, 0.717) is 10.8 Å². The van der Waals surface area contributed by atoms with Crippen molar-refractivity contribution in [3.05, 3.63) is 0 Å². The Hall–Kier alpha value is -0.0800. The summed E-state index contributed by atoms with van der Waals surface area (Å²) in [5.41, 5.74) is 1.30. The van der Waals surface area contributed by atoms with Gasteiger partial charge in [0.05, 0.1) is 0 Å². The zero-order chi connectivity index (χ0) is 12.9. The highest BCUT2D eigenvalue weighted by Crippen LogP contribution is 2.49. The van der Waals surface area contributed by atoms with Crippen LogP contribution in [0.4, 0.5) is 0 Å². The third-order valence-corrected chi connectivity index (χ3v) is 5.18. The van der Waals surface area contributed by atoms with Crippen LogP contribution in [0.3, 0.4) is 0 Å². The Kier molecular flexibility index (Phi) is 5.08. The first kappa shape index (κ1) is 14.3. The van der Waals surface area contributed by atoms with E-state index in [1.165, 1.54) is 77.5 Å². The molecule has 2 nitrogen and oxygen atoms in total. The zero-order valence-corrected chi connectivity index (χ0v) is 12.5. The molecule has 0 amide bonds. The van der Waals surface area contributed by atoms with Crippen molar-refractivity contribution in [2.24, 2.45) is 10.8 Å². The maximum Gasteiger partial charge on any atom is 0.000899 e. The second-order valence-corrected chi connectivity index (χ2v) is 6.85. The van der Waals surface area contributed by atoms with Crippen LogP contribution in [0.1, 0.15) is 65.2 Å². The van der Waals surface area contributed by atoms with Crippen molar-refractivity contribution in [1.29, 1.82) is 0 Å². The minimum absolute atomic E-state index is 0.599. The highest BCUT2D eigenvalue weighted by atomic mass is 14.9. The van der Waals surface area contributed by atoms with Crippen LogP contribution in [-0.2, 0) is 0 Å². The van der Waals surface area contributed by atoms with Crippen LogP contribution in [0.5, 0.6) is 0 Å². The Bertz CT molecular complexity index is 234. The van der Waals surface area contributed by atoms with E-state index in [4.69, 9.17) is 0 Å². The second-order valence-electron chi connectivity index (χ2n) is 6.85. The molecule has 0 radical (unpaired) electrons. The van der Waals surface area contributed by atoms with Gasteiger partial charge < -0.3 is 10.6 Å². The van der Waals surface area contributed by atoms with Gasteiger partial charge in [-0.3, -0.25) is 0 Å². The molecule has 1 heterocycles. The first-order valence-electron chi connectivity index (χ1n) is 8.16. The van der Waals surface area contributed by atoms with Crippen LogP contribution in [0.2, 0.25) is 0 Å². The highest BCUT2D eigenvalue weighted by Gasteiger charge is 2.41. The third kappa shape index (κ3) is 3.71. The fourth-order valence-corrected chi connectivity index (χ4v) is 3.82. The zero-order valence-electron chi connectivity index (χ0n) is 12.5. The van der Waals surface area contributed by atoms with Crippen LogP contribution in [0.25, 0.3) is 0 Å². The molecule has 1 aliphatic carbocycles. The lowest BCUT2D eigenvalue weighted by Gasteiger charge is -2.38. The molecule has 2 heteroatoms. The number of piperidine rings is 1. The van der Waals surface area contributed by atoms with Crippen molar-refractivity contribution < 1.29 is 0 Å². The molecule has 1 saturated carbocycles. The van der Waals surface area contributed by atoms with Crippen molar-refractivity contribution in [2.45, 2.75) is 65.2 Å². The van der Waals surface area contributed by atoms with E-state index < -0.39 is 0 Å². The van der Waals surface area contributed by atoms with Gasteiger partial charge in [0.2, 0.25) is 0 Å². The summed E-state index contributed by atoms with van der Waals surface area (Å²) in [6, 6.07) is 0. The van der Waals surface area contributed by atoms with Gasteiger partial charge in [-0.05, 0) is 62.4 Å². The smallest absolute Gasteiger partial charge is 0.000899 e. The van der Waals surface area contributed by atoms with Gasteiger partial charge in [-0.15, -0.1) is 0 Å². The molecule has 2 aliphatic rings. The molecule has 1 aliphatic heterocycles. The third-order valence-electron chi connectivity index (χ3n) is 5.18. The molecule has 0 aromatic heterocycles. The van der Waals surface area contributed by atoms with Gasteiger partial charge in [-0.25, -0.2) is 0 Å². The van der Waals surface area contributed by atoms with Crippen LogP contribution in [0.15, 0.2) is 0 Å². The number of hydrogen-bond donors (Lipinski definition) is 2. The van der Waals surface area contributed by atoms with Crippen molar-refractivity contribution in [1.82, 2.24) is 10.6 Å². The normalized spacial score (nSPS) is 25.0. The van der Waals surface area contributed by atoms with E-state index in [-0.39, 0.29) is 0 Å². The Labute approximate surface area is 113 Å².